The molecule has 0 aliphatic carbocycles. The number of esters is 1. The zero-order valence-electron chi connectivity index (χ0n) is 16.8. The van der Waals surface area contributed by atoms with Crippen LogP contribution in [0.4, 0.5) is 0 Å². The van der Waals surface area contributed by atoms with E-state index in [0.29, 0.717) is 6.42 Å². The van der Waals surface area contributed by atoms with Crippen molar-refractivity contribution in [2.75, 3.05) is 6.61 Å². The van der Waals surface area contributed by atoms with E-state index in [1.165, 1.54) is 12.1 Å². The van der Waals surface area contributed by atoms with Crippen LogP contribution in [0.15, 0.2) is 59.5 Å². The van der Waals surface area contributed by atoms with Gasteiger partial charge >= 0.3 is 5.97 Å². The summed E-state index contributed by atoms with van der Waals surface area (Å²) in [7, 11) is -3.89. The van der Waals surface area contributed by atoms with Gasteiger partial charge in [-0.05, 0) is 57.7 Å². The van der Waals surface area contributed by atoms with Gasteiger partial charge in [-0.25, -0.2) is 0 Å². The van der Waals surface area contributed by atoms with Crippen LogP contribution in [0.25, 0.3) is 0 Å². The van der Waals surface area contributed by atoms with Crippen LogP contribution >= 0.6 is 0 Å². The minimum absolute atomic E-state index is 0.0790. The van der Waals surface area contributed by atoms with Gasteiger partial charge in [0.1, 0.15) is 5.60 Å². The van der Waals surface area contributed by atoms with E-state index in [-0.39, 0.29) is 29.8 Å². The first kappa shape index (κ1) is 22.1. The summed E-state index contributed by atoms with van der Waals surface area (Å²) in [4.78, 5) is 12.4. The molecule has 0 heterocycles. The predicted octanol–water partition coefficient (Wildman–Crippen LogP) is 4.29. The zero-order valence-corrected chi connectivity index (χ0v) is 17.7. The monoisotopic (exact) mass is 404 g/mol. The Morgan fingerprint density at radius 3 is 2.18 bits per heavy atom. The number of aryl methyl sites for hydroxylation is 1. The summed E-state index contributed by atoms with van der Waals surface area (Å²) >= 11 is 0. The molecule has 0 fully saturated rings. The molecule has 0 bridgehead atoms. The van der Waals surface area contributed by atoms with Gasteiger partial charge in [-0.2, -0.15) is 8.42 Å². The second-order valence-corrected chi connectivity index (χ2v) is 9.51. The Labute approximate surface area is 167 Å². The van der Waals surface area contributed by atoms with Crippen molar-refractivity contribution in [2.24, 2.45) is 5.92 Å². The van der Waals surface area contributed by atoms with Gasteiger partial charge in [0.25, 0.3) is 10.1 Å². The molecule has 0 saturated heterocycles. The molecule has 0 aliphatic rings. The molecule has 0 radical (unpaired) electrons. The summed E-state index contributed by atoms with van der Waals surface area (Å²) in [6.45, 7) is 7.19. The molecule has 2 rings (SSSR count). The zero-order chi connectivity index (χ0) is 20.8. The Morgan fingerprint density at radius 1 is 1.00 bits per heavy atom. The smallest absolute Gasteiger partial charge is 0.306 e. The van der Waals surface area contributed by atoms with Gasteiger partial charge < -0.3 is 4.74 Å². The number of hydrogen-bond donors (Lipinski definition) is 0. The molecule has 0 unspecified atom stereocenters. The average Bonchev–Trinajstić information content (AvgIpc) is 2.59. The number of ether oxygens (including phenoxy) is 1. The first-order chi connectivity index (χ1) is 13.0. The summed E-state index contributed by atoms with van der Waals surface area (Å²) in [5.74, 6) is -0.692. The van der Waals surface area contributed by atoms with E-state index in [0.717, 1.165) is 11.1 Å². The first-order valence-corrected chi connectivity index (χ1v) is 10.7. The van der Waals surface area contributed by atoms with E-state index in [2.05, 4.69) is 0 Å². The van der Waals surface area contributed by atoms with Gasteiger partial charge in [0.15, 0.2) is 0 Å². The highest BCUT2D eigenvalue weighted by Crippen LogP contribution is 2.20. The Bertz CT molecular complexity index is 865. The fraction of sp³-hybridized carbons (Fsp3) is 0.409. The molecule has 0 aliphatic heterocycles. The van der Waals surface area contributed by atoms with E-state index in [1.54, 1.807) is 32.9 Å². The summed E-state index contributed by atoms with van der Waals surface area (Å²) in [5.41, 5.74) is 1.38. The van der Waals surface area contributed by atoms with Gasteiger partial charge in [0.05, 0.1) is 17.9 Å². The van der Waals surface area contributed by atoms with Crippen LogP contribution in [-0.4, -0.2) is 26.6 Å². The van der Waals surface area contributed by atoms with Gasteiger partial charge in [-0.15, -0.1) is 0 Å². The van der Waals surface area contributed by atoms with Crippen LogP contribution < -0.4 is 0 Å². The lowest BCUT2D eigenvalue weighted by molar-refractivity contribution is -0.156. The highest BCUT2D eigenvalue weighted by atomic mass is 32.2. The second-order valence-electron chi connectivity index (χ2n) is 7.90. The molecule has 5 nitrogen and oxygen atoms in total. The van der Waals surface area contributed by atoms with Gasteiger partial charge in [0, 0.05) is 0 Å². The SMILES string of the molecule is Cc1ccc(S(=O)(=O)OC[C@@H](CC(=O)OC(C)(C)C)Cc2ccccc2)cc1. The number of carbonyl (C=O) groups is 1. The van der Waals surface area contributed by atoms with Crippen LogP contribution in [0.5, 0.6) is 0 Å². The molecule has 0 aromatic heterocycles. The Kier molecular flexibility index (Phi) is 7.38. The maximum Gasteiger partial charge on any atom is 0.306 e. The van der Waals surface area contributed by atoms with Gasteiger partial charge in [-0.3, -0.25) is 8.98 Å². The summed E-state index contributed by atoms with van der Waals surface area (Å²) in [5, 5.41) is 0. The second kappa shape index (κ2) is 9.34. The fourth-order valence-corrected chi connectivity index (χ4v) is 3.69. The van der Waals surface area contributed by atoms with Crippen molar-refractivity contribution in [3.05, 3.63) is 65.7 Å². The lowest BCUT2D eigenvalue weighted by Crippen LogP contribution is -2.27. The van der Waals surface area contributed by atoms with Crippen LogP contribution in [-0.2, 0) is 30.3 Å². The standard InChI is InChI=1S/C22H28O5S/c1-17-10-12-20(13-11-17)28(24,25)26-16-19(14-18-8-6-5-7-9-18)15-21(23)27-22(2,3)4/h5-13,19H,14-16H2,1-4H3/t19-/m1/s1. The molecule has 2 aromatic carbocycles. The van der Waals surface area contributed by atoms with E-state index < -0.39 is 15.7 Å². The third kappa shape index (κ3) is 7.44. The minimum atomic E-state index is -3.89. The highest BCUT2D eigenvalue weighted by Gasteiger charge is 2.24. The van der Waals surface area contributed by atoms with E-state index in [4.69, 9.17) is 8.92 Å². The summed E-state index contributed by atoms with van der Waals surface area (Å²) in [6, 6.07) is 16.1. The van der Waals surface area contributed by atoms with Gasteiger partial charge in [0.2, 0.25) is 0 Å². The molecule has 1 atom stereocenters. The summed E-state index contributed by atoms with van der Waals surface area (Å²) in [6.07, 6.45) is 0.596. The summed E-state index contributed by atoms with van der Waals surface area (Å²) < 4.78 is 35.6. The van der Waals surface area contributed by atoms with Crippen molar-refractivity contribution >= 4 is 16.1 Å². The van der Waals surface area contributed by atoms with Crippen LogP contribution in [0.2, 0.25) is 0 Å². The predicted molar refractivity (Wildman–Crippen MR) is 108 cm³/mol. The van der Waals surface area contributed by atoms with Crippen molar-refractivity contribution in [2.45, 2.75) is 51.0 Å². The Balaban J connectivity index is 2.09. The van der Waals surface area contributed by atoms with Crippen molar-refractivity contribution < 1.29 is 22.1 Å². The molecule has 0 N–H and O–H groups in total. The normalized spacial score (nSPS) is 13.1. The highest BCUT2D eigenvalue weighted by molar-refractivity contribution is 7.86. The van der Waals surface area contributed by atoms with E-state index in [9.17, 15) is 13.2 Å². The number of carbonyl (C=O) groups excluding carboxylic acids is 1. The van der Waals surface area contributed by atoms with Crippen LogP contribution in [0.3, 0.4) is 0 Å². The molecule has 6 heteroatoms. The van der Waals surface area contributed by atoms with Crippen molar-refractivity contribution in [3.63, 3.8) is 0 Å². The van der Waals surface area contributed by atoms with Crippen molar-refractivity contribution in [1.29, 1.82) is 0 Å². The first-order valence-electron chi connectivity index (χ1n) is 9.27. The lowest BCUT2D eigenvalue weighted by Gasteiger charge is -2.22. The maximum atomic E-state index is 12.5. The molecule has 152 valence electrons. The van der Waals surface area contributed by atoms with Crippen molar-refractivity contribution in [3.8, 4) is 0 Å². The Hall–Kier alpha value is -2.18. The van der Waals surface area contributed by atoms with Crippen LogP contribution in [0, 0.1) is 12.8 Å². The molecular formula is C22H28O5S. The molecule has 0 spiro atoms. The van der Waals surface area contributed by atoms with Gasteiger partial charge in [-0.1, -0.05) is 48.0 Å². The van der Waals surface area contributed by atoms with Crippen molar-refractivity contribution in [1.82, 2.24) is 0 Å². The molecule has 2 aromatic rings. The Morgan fingerprint density at radius 2 is 1.61 bits per heavy atom. The number of rotatable bonds is 8. The third-order valence-electron chi connectivity index (χ3n) is 4.01. The maximum absolute atomic E-state index is 12.5. The number of benzene rings is 2. The lowest BCUT2D eigenvalue weighted by atomic mass is 9.97. The molecule has 0 amide bonds. The van der Waals surface area contributed by atoms with E-state index in [1.807, 2.05) is 37.3 Å². The molecule has 28 heavy (non-hydrogen) atoms. The average molecular weight is 405 g/mol. The topological polar surface area (TPSA) is 69.7 Å². The van der Waals surface area contributed by atoms with Crippen LogP contribution in [0.1, 0.15) is 38.3 Å². The number of hydrogen-bond acceptors (Lipinski definition) is 5. The third-order valence-corrected chi connectivity index (χ3v) is 5.31. The molecular weight excluding hydrogens is 376 g/mol. The molecule has 0 saturated carbocycles. The largest absolute Gasteiger partial charge is 0.460 e. The van der Waals surface area contributed by atoms with E-state index >= 15 is 0 Å². The fourth-order valence-electron chi connectivity index (χ4n) is 2.72. The minimum Gasteiger partial charge on any atom is -0.460 e. The quantitative estimate of drug-likeness (QED) is 0.485.